The lowest BCUT2D eigenvalue weighted by Crippen LogP contribution is -2.59. The van der Waals surface area contributed by atoms with E-state index in [0.717, 1.165) is 14.0 Å². The Morgan fingerprint density at radius 3 is 1.94 bits per heavy atom. The molecular formula is C9H14N2O5. The molecule has 0 aliphatic heterocycles. The van der Waals surface area contributed by atoms with Crippen molar-refractivity contribution in [2.45, 2.75) is 13.8 Å². The number of aliphatic carboxylic acids is 1. The Kier molecular flexibility index (Phi) is 4.61. The van der Waals surface area contributed by atoms with E-state index in [9.17, 15) is 19.2 Å². The molecule has 0 spiro atoms. The van der Waals surface area contributed by atoms with Gasteiger partial charge in [-0.2, -0.15) is 0 Å². The van der Waals surface area contributed by atoms with Crippen molar-refractivity contribution in [3.05, 3.63) is 0 Å². The number of carbonyl (C=O) groups excluding carboxylic acids is 3. The van der Waals surface area contributed by atoms with Gasteiger partial charge in [-0.05, 0) is 13.8 Å². The molecule has 90 valence electrons. The summed E-state index contributed by atoms with van der Waals surface area (Å²) in [6, 6.07) is 0. The molecule has 0 radical (unpaired) electrons. The topological polar surface area (TPSA) is 113 Å². The van der Waals surface area contributed by atoms with Gasteiger partial charge in [0.2, 0.25) is 0 Å². The van der Waals surface area contributed by atoms with E-state index in [-0.39, 0.29) is 6.54 Å². The molecule has 1 atom stereocenters. The molecule has 0 aromatic rings. The molecule has 0 heterocycles. The third kappa shape index (κ3) is 2.02. The lowest BCUT2D eigenvalue weighted by molar-refractivity contribution is -0.164. The minimum atomic E-state index is -2.70. The van der Waals surface area contributed by atoms with Crippen LogP contribution in [-0.2, 0) is 19.2 Å². The van der Waals surface area contributed by atoms with Gasteiger partial charge in [0.05, 0.1) is 0 Å². The third-order valence-corrected chi connectivity index (χ3v) is 2.09. The summed E-state index contributed by atoms with van der Waals surface area (Å²) < 4.78 is 0. The molecule has 0 aliphatic carbocycles. The van der Waals surface area contributed by atoms with Gasteiger partial charge in [-0.15, -0.1) is 0 Å². The molecule has 7 heteroatoms. The number of hydrogen-bond acceptors (Lipinski definition) is 4. The van der Waals surface area contributed by atoms with E-state index in [1.54, 1.807) is 6.92 Å². The Hall–Kier alpha value is -1.92. The number of ketones is 1. The lowest BCUT2D eigenvalue weighted by Gasteiger charge is -2.23. The number of carboxylic acids is 1. The summed E-state index contributed by atoms with van der Waals surface area (Å²) in [4.78, 5) is 45.4. The van der Waals surface area contributed by atoms with Gasteiger partial charge in [-0.3, -0.25) is 19.2 Å². The van der Waals surface area contributed by atoms with Crippen molar-refractivity contribution in [2.75, 3.05) is 13.6 Å². The zero-order valence-corrected chi connectivity index (χ0v) is 9.29. The van der Waals surface area contributed by atoms with Crippen molar-refractivity contribution in [3.63, 3.8) is 0 Å². The van der Waals surface area contributed by atoms with Crippen LogP contribution in [-0.4, -0.2) is 42.3 Å². The summed E-state index contributed by atoms with van der Waals surface area (Å²) in [7, 11) is 1.15. The largest absolute Gasteiger partial charge is 0.480 e. The molecular weight excluding hydrogens is 216 g/mol. The highest BCUT2D eigenvalue weighted by molar-refractivity contribution is 6.35. The Bertz CT molecular complexity index is 323. The molecule has 0 aromatic carbocycles. The highest BCUT2D eigenvalue weighted by atomic mass is 16.4. The van der Waals surface area contributed by atoms with E-state index < -0.39 is 29.0 Å². The monoisotopic (exact) mass is 230 g/mol. The Labute approximate surface area is 92.2 Å². The highest BCUT2D eigenvalue weighted by Crippen LogP contribution is 2.20. The van der Waals surface area contributed by atoms with Gasteiger partial charge in [0.15, 0.2) is 5.78 Å². The van der Waals surface area contributed by atoms with Crippen molar-refractivity contribution < 1.29 is 24.3 Å². The van der Waals surface area contributed by atoms with Crippen LogP contribution < -0.4 is 10.6 Å². The Morgan fingerprint density at radius 1 is 1.19 bits per heavy atom. The molecule has 0 rings (SSSR count). The summed E-state index contributed by atoms with van der Waals surface area (Å²) >= 11 is 0. The molecule has 0 aliphatic rings. The van der Waals surface area contributed by atoms with Gasteiger partial charge < -0.3 is 15.7 Å². The fourth-order valence-corrected chi connectivity index (χ4v) is 1.25. The summed E-state index contributed by atoms with van der Waals surface area (Å²) in [6.45, 7) is 2.56. The van der Waals surface area contributed by atoms with Crippen molar-refractivity contribution in [3.8, 4) is 0 Å². The fourth-order valence-electron chi connectivity index (χ4n) is 1.25. The van der Waals surface area contributed by atoms with Crippen molar-refractivity contribution in [2.24, 2.45) is 5.41 Å². The average molecular weight is 230 g/mol. The van der Waals surface area contributed by atoms with E-state index in [0.29, 0.717) is 0 Å². The van der Waals surface area contributed by atoms with Gasteiger partial charge in [-0.25, -0.2) is 0 Å². The molecule has 0 bridgehead atoms. The number of nitrogens with one attached hydrogen (secondary N) is 2. The van der Waals surface area contributed by atoms with Crippen LogP contribution in [0.3, 0.4) is 0 Å². The molecule has 0 aromatic heterocycles. The van der Waals surface area contributed by atoms with E-state index in [1.165, 1.54) is 0 Å². The molecule has 0 saturated carbocycles. The zero-order valence-electron chi connectivity index (χ0n) is 9.29. The second-order valence-electron chi connectivity index (χ2n) is 3.05. The van der Waals surface area contributed by atoms with E-state index in [4.69, 9.17) is 5.11 Å². The molecule has 0 fully saturated rings. The van der Waals surface area contributed by atoms with Gasteiger partial charge >= 0.3 is 5.97 Å². The van der Waals surface area contributed by atoms with E-state index >= 15 is 0 Å². The molecule has 16 heavy (non-hydrogen) atoms. The van der Waals surface area contributed by atoms with Gasteiger partial charge in [0.1, 0.15) is 0 Å². The molecule has 0 saturated heterocycles. The third-order valence-electron chi connectivity index (χ3n) is 2.09. The van der Waals surface area contributed by atoms with Gasteiger partial charge in [-0.1, -0.05) is 0 Å². The first-order valence-corrected chi connectivity index (χ1v) is 4.60. The minimum Gasteiger partial charge on any atom is -0.480 e. The zero-order chi connectivity index (χ0) is 12.9. The molecule has 3 N–H and O–H groups in total. The first kappa shape index (κ1) is 14.1. The summed E-state index contributed by atoms with van der Waals surface area (Å²) in [6.07, 6.45) is 0. The summed E-state index contributed by atoms with van der Waals surface area (Å²) in [5.74, 6) is -5.11. The van der Waals surface area contributed by atoms with Crippen molar-refractivity contribution in [1.29, 1.82) is 0 Å². The number of hydrogen-bond donors (Lipinski definition) is 3. The van der Waals surface area contributed by atoms with Crippen LogP contribution in [0.5, 0.6) is 0 Å². The Balaban J connectivity index is 5.63. The van der Waals surface area contributed by atoms with Crippen LogP contribution >= 0.6 is 0 Å². The van der Waals surface area contributed by atoms with Crippen LogP contribution in [0.15, 0.2) is 0 Å². The quantitative estimate of drug-likeness (QED) is 0.499. The predicted molar refractivity (Wildman–Crippen MR) is 53.5 cm³/mol. The average Bonchev–Trinajstić information content (AvgIpc) is 2.17. The van der Waals surface area contributed by atoms with Crippen molar-refractivity contribution in [1.82, 2.24) is 10.6 Å². The normalized spacial score (nSPS) is 13.4. The lowest BCUT2D eigenvalue weighted by atomic mass is 9.81. The SMILES string of the molecule is CCNC(=O)C(C(C)=O)(C(=O)O)C(=O)NC. The Morgan fingerprint density at radius 2 is 1.69 bits per heavy atom. The van der Waals surface area contributed by atoms with Crippen molar-refractivity contribution >= 4 is 23.6 Å². The number of rotatable bonds is 5. The maximum atomic E-state index is 11.6. The first-order valence-electron chi connectivity index (χ1n) is 4.60. The number of carboxylic acid groups (broad SMARTS) is 1. The van der Waals surface area contributed by atoms with Crippen LogP contribution in [0.1, 0.15) is 13.8 Å². The predicted octanol–water partition coefficient (Wildman–Crippen LogP) is -1.47. The van der Waals surface area contributed by atoms with Crippen LogP contribution in [0.4, 0.5) is 0 Å². The van der Waals surface area contributed by atoms with Gasteiger partial charge in [0.25, 0.3) is 17.2 Å². The van der Waals surface area contributed by atoms with E-state index in [2.05, 4.69) is 5.32 Å². The van der Waals surface area contributed by atoms with Gasteiger partial charge in [0, 0.05) is 13.6 Å². The summed E-state index contributed by atoms with van der Waals surface area (Å²) in [5.41, 5.74) is -2.70. The second-order valence-corrected chi connectivity index (χ2v) is 3.05. The van der Waals surface area contributed by atoms with Crippen LogP contribution in [0.25, 0.3) is 0 Å². The number of carbonyl (C=O) groups is 4. The smallest absolute Gasteiger partial charge is 0.336 e. The fraction of sp³-hybridized carbons (Fsp3) is 0.556. The number of amides is 2. The maximum absolute atomic E-state index is 11.6. The number of Topliss-reactive ketones (excluding diaryl/α,β-unsaturated/α-hetero) is 1. The molecule has 2 amide bonds. The van der Waals surface area contributed by atoms with E-state index in [1.807, 2.05) is 5.32 Å². The molecule has 1 unspecified atom stereocenters. The first-order chi connectivity index (χ1) is 7.35. The molecule has 7 nitrogen and oxygen atoms in total. The summed E-state index contributed by atoms with van der Waals surface area (Å²) in [5, 5.41) is 13.1. The van der Waals surface area contributed by atoms with Crippen LogP contribution in [0, 0.1) is 5.41 Å². The maximum Gasteiger partial charge on any atom is 0.336 e. The standard InChI is InChI=1S/C9H14N2O5/c1-4-11-7(14)9(5(2)12,8(15)16)6(13)10-3/h4H2,1-3H3,(H,10,13)(H,11,14)(H,15,16). The highest BCUT2D eigenvalue weighted by Gasteiger charge is 2.57. The minimum absolute atomic E-state index is 0.123. The second kappa shape index (κ2) is 5.24. The van der Waals surface area contributed by atoms with Crippen LogP contribution in [0.2, 0.25) is 0 Å².